The first-order valence-electron chi connectivity index (χ1n) is 5.35. The van der Waals surface area contributed by atoms with Crippen LogP contribution in [-0.4, -0.2) is 28.0 Å². The van der Waals surface area contributed by atoms with Crippen LogP contribution < -0.4 is 11.1 Å². The maximum Gasteiger partial charge on any atom is 0.168 e. The fraction of sp³-hybridized carbons (Fsp3) is 0.600. The highest BCUT2D eigenvalue weighted by molar-refractivity contribution is 5.63. The Morgan fingerprint density at radius 1 is 1.62 bits per heavy atom. The van der Waals surface area contributed by atoms with E-state index in [9.17, 15) is 0 Å². The maximum absolute atomic E-state index is 8.95. The van der Waals surface area contributed by atoms with E-state index in [-0.39, 0.29) is 6.61 Å². The van der Waals surface area contributed by atoms with Crippen LogP contribution in [0.15, 0.2) is 0 Å². The monoisotopic (exact) mass is 223 g/mol. The molecule has 0 bridgehead atoms. The Bertz CT molecular complexity index is 379. The molecule has 16 heavy (non-hydrogen) atoms. The standard InChI is InChI=1S/C10H17N5O/c1-2-3-4-13-10-8(7-11)9(12)15(14-10)5-6-16/h16H,2-6,12H2,1H3,(H,13,14). The van der Waals surface area contributed by atoms with Crippen LogP contribution in [0.3, 0.4) is 0 Å². The van der Waals surface area contributed by atoms with Gasteiger partial charge in [0.25, 0.3) is 0 Å². The fourth-order valence-corrected chi connectivity index (χ4v) is 1.36. The predicted molar refractivity (Wildman–Crippen MR) is 61.8 cm³/mol. The predicted octanol–water partition coefficient (Wildman–Crippen LogP) is 0.541. The molecule has 6 nitrogen and oxygen atoms in total. The number of rotatable bonds is 6. The molecule has 0 saturated carbocycles. The van der Waals surface area contributed by atoms with Crippen LogP contribution in [-0.2, 0) is 6.54 Å². The van der Waals surface area contributed by atoms with Crippen molar-refractivity contribution in [1.29, 1.82) is 5.26 Å². The molecule has 0 unspecified atom stereocenters. The van der Waals surface area contributed by atoms with Crippen LogP contribution in [0.25, 0.3) is 0 Å². The number of unbranched alkanes of at least 4 members (excludes halogenated alkanes) is 1. The third kappa shape index (κ3) is 2.64. The second-order valence-electron chi connectivity index (χ2n) is 3.45. The molecule has 0 aliphatic rings. The molecule has 0 atom stereocenters. The molecule has 6 heteroatoms. The fourth-order valence-electron chi connectivity index (χ4n) is 1.36. The van der Waals surface area contributed by atoms with Crippen molar-refractivity contribution in [2.75, 3.05) is 24.2 Å². The van der Waals surface area contributed by atoms with E-state index in [1.54, 1.807) is 0 Å². The number of nitrogens with zero attached hydrogens (tertiary/aromatic N) is 3. The number of nitrogens with one attached hydrogen (secondary N) is 1. The van der Waals surface area contributed by atoms with Crippen molar-refractivity contribution in [2.24, 2.45) is 0 Å². The highest BCUT2D eigenvalue weighted by Crippen LogP contribution is 2.20. The van der Waals surface area contributed by atoms with Gasteiger partial charge >= 0.3 is 0 Å². The van der Waals surface area contributed by atoms with E-state index in [4.69, 9.17) is 16.1 Å². The van der Waals surface area contributed by atoms with Crippen LogP contribution in [0.1, 0.15) is 25.3 Å². The lowest BCUT2D eigenvalue weighted by atomic mass is 10.3. The molecule has 1 aromatic heterocycles. The number of hydrogen-bond acceptors (Lipinski definition) is 5. The van der Waals surface area contributed by atoms with Gasteiger partial charge in [0.15, 0.2) is 5.82 Å². The summed E-state index contributed by atoms with van der Waals surface area (Å²) in [6.45, 7) is 3.10. The van der Waals surface area contributed by atoms with Crippen molar-refractivity contribution in [1.82, 2.24) is 9.78 Å². The molecule has 0 amide bonds. The summed E-state index contributed by atoms with van der Waals surface area (Å²) in [5, 5.41) is 25.0. The van der Waals surface area contributed by atoms with Gasteiger partial charge in [-0.25, -0.2) is 4.68 Å². The normalized spacial score (nSPS) is 10.1. The lowest BCUT2D eigenvalue weighted by Gasteiger charge is -2.00. The molecule has 0 radical (unpaired) electrons. The van der Waals surface area contributed by atoms with E-state index in [2.05, 4.69) is 17.3 Å². The first-order chi connectivity index (χ1) is 7.74. The van der Waals surface area contributed by atoms with E-state index in [1.807, 2.05) is 6.07 Å². The van der Waals surface area contributed by atoms with Crippen molar-refractivity contribution in [3.05, 3.63) is 5.56 Å². The van der Waals surface area contributed by atoms with E-state index in [0.717, 1.165) is 19.4 Å². The third-order valence-corrected chi connectivity index (χ3v) is 2.24. The lowest BCUT2D eigenvalue weighted by molar-refractivity contribution is 0.270. The summed E-state index contributed by atoms with van der Waals surface area (Å²) >= 11 is 0. The minimum absolute atomic E-state index is 0.0504. The highest BCUT2D eigenvalue weighted by atomic mass is 16.3. The van der Waals surface area contributed by atoms with Crippen molar-refractivity contribution >= 4 is 11.6 Å². The first-order valence-corrected chi connectivity index (χ1v) is 5.35. The number of nitrogens with two attached hydrogens (primary N) is 1. The molecule has 0 aliphatic carbocycles. The number of aromatic nitrogens is 2. The number of nitrogen functional groups attached to an aromatic ring is 1. The zero-order valence-corrected chi connectivity index (χ0v) is 9.40. The van der Waals surface area contributed by atoms with Crippen LogP contribution in [0.5, 0.6) is 0 Å². The van der Waals surface area contributed by atoms with Gasteiger partial charge in [-0.2, -0.15) is 10.4 Å². The van der Waals surface area contributed by atoms with E-state index >= 15 is 0 Å². The minimum atomic E-state index is -0.0504. The highest BCUT2D eigenvalue weighted by Gasteiger charge is 2.14. The average molecular weight is 223 g/mol. The van der Waals surface area contributed by atoms with Crippen molar-refractivity contribution in [2.45, 2.75) is 26.3 Å². The zero-order chi connectivity index (χ0) is 12.0. The number of nitriles is 1. The van der Waals surface area contributed by atoms with Gasteiger partial charge < -0.3 is 16.2 Å². The number of hydrogen-bond donors (Lipinski definition) is 3. The molecule has 1 aromatic rings. The van der Waals surface area contributed by atoms with Crippen molar-refractivity contribution in [3.8, 4) is 6.07 Å². The van der Waals surface area contributed by atoms with Gasteiger partial charge in [0.2, 0.25) is 0 Å². The second-order valence-corrected chi connectivity index (χ2v) is 3.45. The summed E-state index contributed by atoms with van der Waals surface area (Å²) in [5.41, 5.74) is 6.08. The molecule has 0 saturated heterocycles. The maximum atomic E-state index is 8.95. The summed E-state index contributed by atoms with van der Waals surface area (Å²) in [5.74, 6) is 0.803. The quantitative estimate of drug-likeness (QED) is 0.611. The van der Waals surface area contributed by atoms with Gasteiger partial charge in [0.05, 0.1) is 13.2 Å². The van der Waals surface area contributed by atoms with Crippen LogP contribution in [0, 0.1) is 11.3 Å². The minimum Gasteiger partial charge on any atom is -0.394 e. The smallest absolute Gasteiger partial charge is 0.168 e. The molecule has 0 fully saturated rings. The largest absolute Gasteiger partial charge is 0.394 e. The molecule has 0 aliphatic heterocycles. The molecular formula is C10H17N5O. The van der Waals surface area contributed by atoms with Crippen LogP contribution in [0.2, 0.25) is 0 Å². The van der Waals surface area contributed by atoms with Gasteiger partial charge in [-0.05, 0) is 6.42 Å². The SMILES string of the molecule is CCCCNc1nn(CCO)c(N)c1C#N. The van der Waals surface area contributed by atoms with Gasteiger partial charge in [-0.3, -0.25) is 0 Å². The second kappa shape index (κ2) is 5.98. The first kappa shape index (κ1) is 12.3. The van der Waals surface area contributed by atoms with Crippen LogP contribution in [0.4, 0.5) is 11.6 Å². The Labute approximate surface area is 94.7 Å². The van der Waals surface area contributed by atoms with Crippen LogP contribution >= 0.6 is 0 Å². The Morgan fingerprint density at radius 2 is 2.38 bits per heavy atom. The average Bonchev–Trinajstić information content (AvgIpc) is 2.57. The number of anilines is 2. The topological polar surface area (TPSA) is 99.9 Å². The lowest BCUT2D eigenvalue weighted by Crippen LogP contribution is -2.08. The molecule has 4 N–H and O–H groups in total. The summed E-state index contributed by atoms with van der Waals surface area (Å²) in [7, 11) is 0. The Morgan fingerprint density at radius 3 is 2.94 bits per heavy atom. The molecule has 88 valence electrons. The molecule has 1 rings (SSSR count). The Balaban J connectivity index is 2.82. The van der Waals surface area contributed by atoms with E-state index < -0.39 is 0 Å². The zero-order valence-electron chi connectivity index (χ0n) is 9.40. The molecule has 0 aromatic carbocycles. The summed E-state index contributed by atoms with van der Waals surface area (Å²) < 4.78 is 1.44. The Kier molecular flexibility index (Phi) is 4.61. The van der Waals surface area contributed by atoms with E-state index in [1.165, 1.54) is 4.68 Å². The number of aliphatic hydroxyl groups is 1. The van der Waals surface area contributed by atoms with Crippen molar-refractivity contribution < 1.29 is 5.11 Å². The summed E-state index contributed by atoms with van der Waals surface area (Å²) in [6.07, 6.45) is 2.08. The van der Waals surface area contributed by atoms with E-state index in [0.29, 0.717) is 23.7 Å². The molecule has 1 heterocycles. The third-order valence-electron chi connectivity index (χ3n) is 2.24. The summed E-state index contributed by atoms with van der Waals surface area (Å²) in [6, 6.07) is 2.02. The molecule has 0 spiro atoms. The van der Waals surface area contributed by atoms with Gasteiger partial charge in [0.1, 0.15) is 17.5 Å². The van der Waals surface area contributed by atoms with Gasteiger partial charge in [-0.1, -0.05) is 13.3 Å². The van der Waals surface area contributed by atoms with Crippen molar-refractivity contribution in [3.63, 3.8) is 0 Å². The Hall–Kier alpha value is -1.74. The number of aliphatic hydroxyl groups excluding tert-OH is 1. The molecular weight excluding hydrogens is 206 g/mol. The van der Waals surface area contributed by atoms with Gasteiger partial charge in [-0.15, -0.1) is 0 Å². The van der Waals surface area contributed by atoms with Gasteiger partial charge in [0, 0.05) is 6.54 Å². The summed E-state index contributed by atoms with van der Waals surface area (Å²) in [4.78, 5) is 0.